The standard InChI is InChI=1S/C24H32FN5O/c25-20-5-7-21(8-6-20)28-22-10-15-30(16-11-22)24(31)27-18-19-9-12-26-23(17-19)29-13-3-1-2-4-14-29/h5-9,12,17,22,28H,1-4,10-11,13-16,18H2,(H,27,31). The summed E-state index contributed by atoms with van der Waals surface area (Å²) in [5, 5.41) is 6.49. The molecule has 0 aliphatic carbocycles. The van der Waals surface area contributed by atoms with Gasteiger partial charge in [-0.1, -0.05) is 12.8 Å². The first kappa shape index (κ1) is 21.4. The van der Waals surface area contributed by atoms with Gasteiger partial charge in [0, 0.05) is 50.6 Å². The van der Waals surface area contributed by atoms with E-state index >= 15 is 0 Å². The van der Waals surface area contributed by atoms with E-state index < -0.39 is 0 Å². The lowest BCUT2D eigenvalue weighted by molar-refractivity contribution is 0.183. The number of hydrogen-bond donors (Lipinski definition) is 2. The van der Waals surface area contributed by atoms with Gasteiger partial charge in [-0.2, -0.15) is 0 Å². The van der Waals surface area contributed by atoms with Gasteiger partial charge >= 0.3 is 6.03 Å². The summed E-state index contributed by atoms with van der Waals surface area (Å²) in [6, 6.07) is 10.8. The Bertz CT molecular complexity index is 843. The Morgan fingerprint density at radius 3 is 2.42 bits per heavy atom. The van der Waals surface area contributed by atoms with Crippen LogP contribution in [0.25, 0.3) is 0 Å². The number of amides is 2. The predicted octanol–water partition coefficient (Wildman–Crippen LogP) is 4.39. The number of likely N-dealkylation sites (tertiary alicyclic amines) is 1. The van der Waals surface area contributed by atoms with Crippen molar-refractivity contribution < 1.29 is 9.18 Å². The maximum Gasteiger partial charge on any atom is 0.317 e. The number of aromatic nitrogens is 1. The van der Waals surface area contributed by atoms with Crippen LogP contribution in [0.4, 0.5) is 20.7 Å². The van der Waals surface area contributed by atoms with Crippen LogP contribution in [0.2, 0.25) is 0 Å². The third-order valence-electron chi connectivity index (χ3n) is 6.18. The van der Waals surface area contributed by atoms with Gasteiger partial charge in [-0.3, -0.25) is 0 Å². The first-order valence-electron chi connectivity index (χ1n) is 11.4. The lowest BCUT2D eigenvalue weighted by atomic mass is 10.0. The average molecular weight is 426 g/mol. The maximum atomic E-state index is 13.0. The van der Waals surface area contributed by atoms with E-state index in [1.165, 1.54) is 37.8 Å². The number of carbonyl (C=O) groups excluding carboxylic acids is 1. The zero-order valence-corrected chi connectivity index (χ0v) is 18.0. The highest BCUT2D eigenvalue weighted by Crippen LogP contribution is 2.19. The Labute approximate surface area is 183 Å². The van der Waals surface area contributed by atoms with Crippen molar-refractivity contribution in [2.75, 3.05) is 36.4 Å². The molecule has 1 aromatic carbocycles. The highest BCUT2D eigenvalue weighted by Gasteiger charge is 2.22. The summed E-state index contributed by atoms with van der Waals surface area (Å²) in [6.07, 6.45) is 8.61. The number of piperidine rings is 1. The van der Waals surface area contributed by atoms with Crippen molar-refractivity contribution >= 4 is 17.5 Å². The van der Waals surface area contributed by atoms with Gasteiger partial charge in [0.2, 0.25) is 0 Å². The second-order valence-electron chi connectivity index (χ2n) is 8.49. The smallest absolute Gasteiger partial charge is 0.317 e. The Morgan fingerprint density at radius 1 is 1.00 bits per heavy atom. The average Bonchev–Trinajstić information content (AvgIpc) is 3.09. The van der Waals surface area contributed by atoms with Crippen LogP contribution >= 0.6 is 0 Å². The van der Waals surface area contributed by atoms with Crippen LogP contribution < -0.4 is 15.5 Å². The van der Waals surface area contributed by atoms with E-state index in [-0.39, 0.29) is 11.8 Å². The number of benzene rings is 1. The fourth-order valence-corrected chi connectivity index (χ4v) is 4.34. The van der Waals surface area contributed by atoms with Gasteiger partial charge in [0.1, 0.15) is 11.6 Å². The third kappa shape index (κ3) is 6.09. The van der Waals surface area contributed by atoms with Crippen LogP contribution in [0.1, 0.15) is 44.1 Å². The molecule has 1 aromatic heterocycles. The number of urea groups is 1. The molecule has 31 heavy (non-hydrogen) atoms. The van der Waals surface area contributed by atoms with Crippen LogP contribution in [0, 0.1) is 5.82 Å². The summed E-state index contributed by atoms with van der Waals surface area (Å²) < 4.78 is 13.0. The minimum Gasteiger partial charge on any atom is -0.382 e. The first-order valence-corrected chi connectivity index (χ1v) is 11.4. The Balaban J connectivity index is 1.23. The molecule has 2 aliphatic rings. The number of hydrogen-bond acceptors (Lipinski definition) is 4. The van der Waals surface area contributed by atoms with E-state index in [4.69, 9.17) is 0 Å². The molecule has 2 aliphatic heterocycles. The Morgan fingerprint density at radius 2 is 1.71 bits per heavy atom. The molecule has 0 unspecified atom stereocenters. The summed E-state index contributed by atoms with van der Waals surface area (Å²) in [4.78, 5) is 21.4. The Kier molecular flexibility index (Phi) is 7.22. The van der Waals surface area contributed by atoms with Gasteiger partial charge in [0.25, 0.3) is 0 Å². The second-order valence-corrected chi connectivity index (χ2v) is 8.49. The summed E-state index contributed by atoms with van der Waals surface area (Å²) in [6.45, 7) is 4.05. The highest BCUT2D eigenvalue weighted by molar-refractivity contribution is 5.74. The van der Waals surface area contributed by atoms with Crippen LogP contribution in [-0.2, 0) is 6.54 Å². The molecule has 2 saturated heterocycles. The minimum atomic E-state index is -0.232. The molecule has 2 N–H and O–H groups in total. The summed E-state index contributed by atoms with van der Waals surface area (Å²) in [7, 11) is 0. The lowest BCUT2D eigenvalue weighted by Crippen LogP contribution is -2.46. The van der Waals surface area contributed by atoms with Gasteiger partial charge < -0.3 is 20.4 Å². The van der Waals surface area contributed by atoms with Crippen molar-refractivity contribution in [1.82, 2.24) is 15.2 Å². The summed E-state index contributed by atoms with van der Waals surface area (Å²) in [5.41, 5.74) is 2.00. The molecule has 2 amide bonds. The molecule has 7 heteroatoms. The molecule has 0 spiro atoms. The zero-order chi connectivity index (χ0) is 21.5. The van der Waals surface area contributed by atoms with Gasteiger partial charge in [0.15, 0.2) is 0 Å². The van der Waals surface area contributed by atoms with Crippen LogP contribution in [0.15, 0.2) is 42.6 Å². The molecule has 0 saturated carbocycles. The third-order valence-corrected chi connectivity index (χ3v) is 6.18. The van der Waals surface area contributed by atoms with E-state index in [1.807, 2.05) is 17.2 Å². The first-order chi connectivity index (χ1) is 15.2. The zero-order valence-electron chi connectivity index (χ0n) is 18.0. The summed E-state index contributed by atoms with van der Waals surface area (Å²) in [5.74, 6) is 0.783. The Hall–Kier alpha value is -2.83. The molecule has 0 atom stereocenters. The lowest BCUT2D eigenvalue weighted by Gasteiger charge is -2.33. The molecular weight excluding hydrogens is 393 g/mol. The van der Waals surface area contributed by atoms with Crippen molar-refractivity contribution in [3.8, 4) is 0 Å². The van der Waals surface area contributed by atoms with E-state index in [2.05, 4.69) is 26.6 Å². The molecule has 3 heterocycles. The molecule has 0 radical (unpaired) electrons. The maximum absolute atomic E-state index is 13.0. The molecule has 4 rings (SSSR count). The minimum absolute atomic E-state index is 0.0200. The van der Waals surface area contributed by atoms with Crippen LogP contribution in [-0.4, -0.2) is 48.1 Å². The van der Waals surface area contributed by atoms with E-state index in [9.17, 15) is 9.18 Å². The number of halogens is 1. The van der Waals surface area contributed by atoms with Gasteiger partial charge in [-0.25, -0.2) is 14.2 Å². The molecule has 2 fully saturated rings. The molecule has 2 aromatic rings. The van der Waals surface area contributed by atoms with E-state index in [1.54, 1.807) is 12.1 Å². The van der Waals surface area contributed by atoms with Crippen molar-refractivity contribution in [3.63, 3.8) is 0 Å². The number of pyridine rings is 1. The molecule has 0 bridgehead atoms. The van der Waals surface area contributed by atoms with E-state index in [0.717, 1.165) is 43.0 Å². The number of rotatable bonds is 5. The van der Waals surface area contributed by atoms with Crippen molar-refractivity contribution in [1.29, 1.82) is 0 Å². The number of carbonyl (C=O) groups is 1. The van der Waals surface area contributed by atoms with Crippen LogP contribution in [0.3, 0.4) is 0 Å². The predicted molar refractivity (Wildman–Crippen MR) is 122 cm³/mol. The SMILES string of the molecule is O=C(NCc1ccnc(N2CCCCCC2)c1)N1CCC(Nc2ccc(F)cc2)CC1. The van der Waals surface area contributed by atoms with Gasteiger partial charge in [-0.05, 0) is 67.6 Å². The van der Waals surface area contributed by atoms with Crippen molar-refractivity contribution in [2.24, 2.45) is 0 Å². The number of anilines is 2. The fourth-order valence-electron chi connectivity index (χ4n) is 4.34. The largest absolute Gasteiger partial charge is 0.382 e. The molecular formula is C24H32FN5O. The highest BCUT2D eigenvalue weighted by atomic mass is 19.1. The topological polar surface area (TPSA) is 60.5 Å². The van der Waals surface area contributed by atoms with Gasteiger partial charge in [0.05, 0.1) is 0 Å². The fraction of sp³-hybridized carbons (Fsp3) is 0.500. The summed E-state index contributed by atoms with van der Waals surface area (Å²) >= 11 is 0. The van der Waals surface area contributed by atoms with Gasteiger partial charge in [-0.15, -0.1) is 0 Å². The second kappa shape index (κ2) is 10.5. The van der Waals surface area contributed by atoms with Crippen molar-refractivity contribution in [3.05, 3.63) is 54.0 Å². The van der Waals surface area contributed by atoms with Crippen LogP contribution in [0.5, 0.6) is 0 Å². The molecule has 6 nitrogen and oxygen atoms in total. The number of nitrogens with one attached hydrogen (secondary N) is 2. The quantitative estimate of drug-likeness (QED) is 0.746. The monoisotopic (exact) mass is 425 g/mol. The number of nitrogens with zero attached hydrogens (tertiary/aromatic N) is 3. The van der Waals surface area contributed by atoms with E-state index in [0.29, 0.717) is 25.7 Å². The molecule has 166 valence electrons. The normalized spacial score (nSPS) is 17.8. The van der Waals surface area contributed by atoms with Crippen molar-refractivity contribution in [2.45, 2.75) is 51.1 Å².